The lowest BCUT2D eigenvalue weighted by Gasteiger charge is -2.13. The van der Waals surface area contributed by atoms with Crippen molar-refractivity contribution in [2.75, 3.05) is 5.32 Å². The van der Waals surface area contributed by atoms with Crippen molar-refractivity contribution in [1.82, 2.24) is 15.3 Å². The molecule has 150 valence electrons. The highest BCUT2D eigenvalue weighted by Gasteiger charge is 2.14. The number of hydrogen-bond donors (Lipinski definition) is 2. The summed E-state index contributed by atoms with van der Waals surface area (Å²) >= 11 is 11.4. The third-order valence-electron chi connectivity index (χ3n) is 4.48. The normalized spacial score (nSPS) is 10.8. The first-order valence-corrected chi connectivity index (χ1v) is 9.90. The number of hydrogen-bond acceptors (Lipinski definition) is 5. The molecule has 0 radical (unpaired) electrons. The van der Waals surface area contributed by atoms with Crippen LogP contribution in [0.4, 0.5) is 5.69 Å². The molecule has 0 atom stereocenters. The molecule has 2 aromatic heterocycles. The van der Waals surface area contributed by atoms with Crippen LogP contribution in [-0.2, 0) is 0 Å². The number of carbonyl (C=O) groups is 1. The molecule has 0 bridgehead atoms. The highest BCUT2D eigenvalue weighted by atomic mass is 35.5. The van der Waals surface area contributed by atoms with Gasteiger partial charge in [-0.25, -0.2) is 4.98 Å². The van der Waals surface area contributed by atoms with Crippen molar-refractivity contribution < 1.29 is 9.21 Å². The van der Waals surface area contributed by atoms with Crippen LogP contribution in [0.2, 0.25) is 5.02 Å². The van der Waals surface area contributed by atoms with Crippen LogP contribution in [0.1, 0.15) is 21.5 Å². The van der Waals surface area contributed by atoms with E-state index < -0.39 is 0 Å². The molecule has 0 aliphatic rings. The highest BCUT2D eigenvalue weighted by Crippen LogP contribution is 2.27. The van der Waals surface area contributed by atoms with Crippen molar-refractivity contribution in [2.24, 2.45) is 0 Å². The molecule has 0 aliphatic heterocycles. The number of carbonyl (C=O) groups excluding carboxylic acids is 1. The summed E-state index contributed by atoms with van der Waals surface area (Å²) in [4.78, 5) is 21.0. The smallest absolute Gasteiger partial charge is 0.258 e. The van der Waals surface area contributed by atoms with Crippen molar-refractivity contribution in [2.45, 2.75) is 13.8 Å². The fraction of sp³-hybridized carbons (Fsp3) is 0.0909. The first kappa shape index (κ1) is 20.0. The van der Waals surface area contributed by atoms with Crippen LogP contribution in [0.15, 0.2) is 59.1 Å². The van der Waals surface area contributed by atoms with Gasteiger partial charge < -0.3 is 9.73 Å². The number of amides is 1. The molecule has 0 saturated heterocycles. The zero-order chi connectivity index (χ0) is 21.3. The molecule has 6 nitrogen and oxygen atoms in total. The fourth-order valence-electron chi connectivity index (χ4n) is 2.96. The lowest BCUT2D eigenvalue weighted by atomic mass is 10.1. The third kappa shape index (κ3) is 4.17. The number of anilines is 1. The number of aryl methyl sites for hydroxylation is 2. The molecule has 1 amide bonds. The number of fused-ring (bicyclic) bond motifs is 1. The molecule has 2 heterocycles. The number of benzene rings is 2. The average Bonchev–Trinajstić information content (AvgIpc) is 3.13. The summed E-state index contributed by atoms with van der Waals surface area (Å²) in [6.45, 7) is 3.83. The Hall–Kier alpha value is -3.29. The van der Waals surface area contributed by atoms with Crippen LogP contribution in [-0.4, -0.2) is 21.0 Å². The summed E-state index contributed by atoms with van der Waals surface area (Å²) in [6.07, 6.45) is 1.67. The molecule has 2 N–H and O–H groups in total. The van der Waals surface area contributed by atoms with Gasteiger partial charge in [0.15, 0.2) is 16.3 Å². The van der Waals surface area contributed by atoms with E-state index in [1.807, 2.05) is 44.2 Å². The van der Waals surface area contributed by atoms with Crippen molar-refractivity contribution in [3.05, 3.63) is 76.4 Å². The number of aromatic nitrogens is 2. The number of nitrogens with one attached hydrogen (secondary N) is 2. The number of pyridine rings is 1. The van der Waals surface area contributed by atoms with E-state index in [0.29, 0.717) is 27.7 Å². The minimum absolute atomic E-state index is 0.179. The van der Waals surface area contributed by atoms with Gasteiger partial charge in [-0.1, -0.05) is 17.7 Å². The Morgan fingerprint density at radius 2 is 1.97 bits per heavy atom. The first-order chi connectivity index (χ1) is 14.4. The Labute approximate surface area is 183 Å². The van der Waals surface area contributed by atoms with E-state index in [1.165, 1.54) is 0 Å². The monoisotopic (exact) mass is 436 g/mol. The molecule has 0 saturated carbocycles. The predicted octanol–water partition coefficient (Wildman–Crippen LogP) is 5.29. The van der Waals surface area contributed by atoms with Crippen LogP contribution < -0.4 is 10.6 Å². The van der Waals surface area contributed by atoms with Crippen LogP contribution in [0.3, 0.4) is 0 Å². The molecule has 4 aromatic rings. The number of rotatable bonds is 3. The largest absolute Gasteiger partial charge is 0.434 e. The summed E-state index contributed by atoms with van der Waals surface area (Å²) in [6, 6.07) is 14.5. The highest BCUT2D eigenvalue weighted by molar-refractivity contribution is 7.80. The second-order valence-corrected chi connectivity index (χ2v) is 7.58. The van der Waals surface area contributed by atoms with Crippen LogP contribution in [0, 0.1) is 13.8 Å². The topological polar surface area (TPSA) is 80.0 Å². The lowest BCUT2D eigenvalue weighted by molar-refractivity contribution is 0.0978. The zero-order valence-electron chi connectivity index (χ0n) is 16.2. The van der Waals surface area contributed by atoms with E-state index in [1.54, 1.807) is 24.4 Å². The Morgan fingerprint density at radius 1 is 1.13 bits per heavy atom. The van der Waals surface area contributed by atoms with Gasteiger partial charge in [0.25, 0.3) is 5.91 Å². The summed E-state index contributed by atoms with van der Waals surface area (Å²) in [5.41, 5.74) is 5.01. The average molecular weight is 437 g/mol. The van der Waals surface area contributed by atoms with Crippen molar-refractivity contribution >= 4 is 51.8 Å². The minimum atomic E-state index is -0.370. The number of oxazole rings is 1. The second-order valence-electron chi connectivity index (χ2n) is 6.77. The van der Waals surface area contributed by atoms with Gasteiger partial charge in [0, 0.05) is 17.4 Å². The van der Waals surface area contributed by atoms with Gasteiger partial charge >= 0.3 is 0 Å². The van der Waals surface area contributed by atoms with Gasteiger partial charge in [-0.2, -0.15) is 4.98 Å². The van der Waals surface area contributed by atoms with Gasteiger partial charge in [0.2, 0.25) is 5.89 Å². The van der Waals surface area contributed by atoms with E-state index in [0.717, 1.165) is 22.4 Å². The van der Waals surface area contributed by atoms with Crippen LogP contribution in [0.5, 0.6) is 0 Å². The Morgan fingerprint density at radius 3 is 2.70 bits per heavy atom. The van der Waals surface area contributed by atoms with Gasteiger partial charge in [-0.05, 0) is 79.7 Å². The van der Waals surface area contributed by atoms with E-state index >= 15 is 0 Å². The number of thiocarbonyl (C=S) groups is 1. The van der Waals surface area contributed by atoms with Gasteiger partial charge in [0.05, 0.1) is 10.6 Å². The summed E-state index contributed by atoms with van der Waals surface area (Å²) in [7, 11) is 0. The molecule has 2 aromatic carbocycles. The van der Waals surface area contributed by atoms with Gasteiger partial charge in [-0.3, -0.25) is 10.1 Å². The number of halogens is 1. The van der Waals surface area contributed by atoms with E-state index in [9.17, 15) is 4.79 Å². The Kier molecular flexibility index (Phi) is 5.48. The third-order valence-corrected chi connectivity index (χ3v) is 5.00. The summed E-state index contributed by atoms with van der Waals surface area (Å²) in [5, 5.41) is 6.25. The maximum Gasteiger partial charge on any atom is 0.258 e. The SMILES string of the molecule is Cc1ccc(C(=O)NC(=S)Nc2ccc(-c3nc4ncccc4o3)cc2C)c(Cl)c1. The Bertz CT molecular complexity index is 1250. The van der Waals surface area contributed by atoms with Crippen LogP contribution >= 0.6 is 23.8 Å². The molecule has 0 aliphatic carbocycles. The lowest BCUT2D eigenvalue weighted by Crippen LogP contribution is -2.34. The Balaban J connectivity index is 1.48. The molecular weight excluding hydrogens is 420 g/mol. The van der Waals surface area contributed by atoms with Crippen molar-refractivity contribution in [3.63, 3.8) is 0 Å². The van der Waals surface area contributed by atoms with Gasteiger partial charge in [-0.15, -0.1) is 0 Å². The number of nitrogens with zero attached hydrogens (tertiary/aromatic N) is 2. The summed E-state index contributed by atoms with van der Waals surface area (Å²) < 4.78 is 5.76. The second kappa shape index (κ2) is 8.22. The van der Waals surface area contributed by atoms with Crippen molar-refractivity contribution in [3.8, 4) is 11.5 Å². The predicted molar refractivity (Wildman–Crippen MR) is 122 cm³/mol. The van der Waals surface area contributed by atoms with E-state index in [4.69, 9.17) is 28.2 Å². The standard InChI is InChI=1S/C22H17ClN4O2S/c1-12-5-7-15(16(23)10-12)20(28)27-22(30)25-17-8-6-14(11-13(17)2)21-26-19-18(29-21)4-3-9-24-19/h3-11H,1-2H3,(H2,25,27,28,30). The minimum Gasteiger partial charge on any atom is -0.434 e. The zero-order valence-corrected chi connectivity index (χ0v) is 17.8. The summed E-state index contributed by atoms with van der Waals surface area (Å²) in [5.74, 6) is 0.119. The molecule has 8 heteroatoms. The van der Waals surface area contributed by atoms with E-state index in [2.05, 4.69) is 20.6 Å². The quantitative estimate of drug-likeness (QED) is 0.425. The molecule has 30 heavy (non-hydrogen) atoms. The molecule has 4 rings (SSSR count). The maximum atomic E-state index is 12.4. The molecule has 0 spiro atoms. The molecule has 0 fully saturated rings. The maximum absolute atomic E-state index is 12.4. The van der Waals surface area contributed by atoms with Crippen molar-refractivity contribution in [1.29, 1.82) is 0 Å². The van der Waals surface area contributed by atoms with Gasteiger partial charge in [0.1, 0.15) is 0 Å². The molecule has 0 unspecified atom stereocenters. The fourth-order valence-corrected chi connectivity index (χ4v) is 3.48. The molecular formula is C22H17ClN4O2S. The van der Waals surface area contributed by atoms with E-state index in [-0.39, 0.29) is 11.0 Å². The van der Waals surface area contributed by atoms with Crippen LogP contribution in [0.25, 0.3) is 22.7 Å². The first-order valence-electron chi connectivity index (χ1n) is 9.12.